The zero-order valence-corrected chi connectivity index (χ0v) is 19.2. The molecular weight excluding hydrogens is 444 g/mol. The van der Waals surface area contributed by atoms with Crippen molar-refractivity contribution in [1.82, 2.24) is 14.9 Å². The van der Waals surface area contributed by atoms with Gasteiger partial charge in [0.25, 0.3) is 5.24 Å². The summed E-state index contributed by atoms with van der Waals surface area (Å²) in [5.41, 5.74) is 2.54. The second-order valence-corrected chi connectivity index (χ2v) is 7.59. The molecule has 0 atom stereocenters. The number of rotatable bonds is 10. The second kappa shape index (κ2) is 11.8. The van der Waals surface area contributed by atoms with Crippen LogP contribution in [-0.2, 0) is 24.3 Å². The van der Waals surface area contributed by atoms with E-state index in [0.29, 0.717) is 25.2 Å². The van der Waals surface area contributed by atoms with E-state index in [1.165, 1.54) is 11.1 Å². The Morgan fingerprint density at radius 1 is 1.06 bits per heavy atom. The molecule has 0 saturated carbocycles. The summed E-state index contributed by atoms with van der Waals surface area (Å²) in [4.78, 5) is 34.1. The number of hydrogen-bond acceptors (Lipinski definition) is 7. The fourth-order valence-corrected chi connectivity index (χ4v) is 3.08. The minimum absolute atomic E-state index is 0.0459. The van der Waals surface area contributed by atoms with Gasteiger partial charge in [0.15, 0.2) is 11.5 Å². The number of carbonyl (C=O) groups excluding carboxylic acids is 2. The van der Waals surface area contributed by atoms with Crippen LogP contribution in [0.25, 0.3) is 0 Å². The van der Waals surface area contributed by atoms with Gasteiger partial charge in [-0.05, 0) is 34.9 Å². The molecule has 33 heavy (non-hydrogen) atoms. The average molecular weight is 469 g/mol. The first-order chi connectivity index (χ1) is 16.0. The van der Waals surface area contributed by atoms with E-state index >= 15 is 0 Å². The van der Waals surface area contributed by atoms with Crippen molar-refractivity contribution in [3.05, 3.63) is 83.3 Å². The lowest BCUT2D eigenvalue weighted by Crippen LogP contribution is -2.29. The first-order valence-electron chi connectivity index (χ1n) is 10.3. The van der Waals surface area contributed by atoms with E-state index in [4.69, 9.17) is 21.1 Å². The number of likely N-dealkylation sites (N-methyl/N-ethyl adjacent to an activating group) is 1. The molecule has 0 fully saturated rings. The fraction of sp³-hybridized carbons (Fsp3) is 0.250. The summed E-state index contributed by atoms with van der Waals surface area (Å²) in [6.07, 6.45) is 1.48. The summed E-state index contributed by atoms with van der Waals surface area (Å²) in [5.74, 6) is 1.04. The third-order valence-electron chi connectivity index (χ3n) is 4.85. The van der Waals surface area contributed by atoms with E-state index in [2.05, 4.69) is 15.3 Å². The van der Waals surface area contributed by atoms with E-state index in [9.17, 15) is 9.59 Å². The third-order valence-corrected chi connectivity index (χ3v) is 5.03. The van der Waals surface area contributed by atoms with Crippen LogP contribution in [0, 0.1) is 0 Å². The van der Waals surface area contributed by atoms with Gasteiger partial charge in [0.05, 0.1) is 12.8 Å². The van der Waals surface area contributed by atoms with Gasteiger partial charge in [-0.3, -0.25) is 4.79 Å². The number of ether oxygens (including phenoxy) is 2. The van der Waals surface area contributed by atoms with Crippen LogP contribution < -0.4 is 10.1 Å². The van der Waals surface area contributed by atoms with Crippen molar-refractivity contribution in [2.75, 3.05) is 26.0 Å². The van der Waals surface area contributed by atoms with Crippen molar-refractivity contribution in [2.24, 2.45) is 0 Å². The van der Waals surface area contributed by atoms with Gasteiger partial charge in [-0.1, -0.05) is 42.5 Å². The molecule has 0 unspecified atom stereocenters. The molecule has 0 radical (unpaired) electrons. The van der Waals surface area contributed by atoms with Crippen LogP contribution in [0.1, 0.15) is 27.3 Å². The lowest BCUT2D eigenvalue weighted by Gasteiger charge is -2.17. The summed E-state index contributed by atoms with van der Waals surface area (Å²) in [6.45, 7) is 0.995. The van der Waals surface area contributed by atoms with Crippen LogP contribution in [0.4, 0.5) is 10.6 Å². The van der Waals surface area contributed by atoms with Crippen molar-refractivity contribution >= 4 is 28.8 Å². The maximum absolute atomic E-state index is 12.2. The molecule has 0 saturated heterocycles. The number of nitrogens with one attached hydrogen (secondary N) is 1. The molecule has 1 N–H and O–H groups in total. The van der Waals surface area contributed by atoms with Crippen LogP contribution in [0.5, 0.6) is 5.75 Å². The molecule has 3 rings (SSSR count). The second-order valence-electron chi connectivity index (χ2n) is 7.25. The highest BCUT2D eigenvalue weighted by atomic mass is 35.5. The van der Waals surface area contributed by atoms with Gasteiger partial charge in [0.2, 0.25) is 0 Å². The summed E-state index contributed by atoms with van der Waals surface area (Å²) in [5, 5.41) is 2.41. The predicted octanol–water partition coefficient (Wildman–Crippen LogP) is 4.29. The number of halogens is 1. The molecule has 9 heteroatoms. The molecule has 1 aromatic heterocycles. The molecule has 2 aromatic carbocycles. The maximum Gasteiger partial charge on any atom is 0.409 e. The van der Waals surface area contributed by atoms with E-state index in [1.54, 1.807) is 14.2 Å². The Labute approximate surface area is 197 Å². The van der Waals surface area contributed by atoms with Crippen LogP contribution in [0.2, 0.25) is 0 Å². The van der Waals surface area contributed by atoms with E-state index in [0.717, 1.165) is 16.9 Å². The lowest BCUT2D eigenvalue weighted by molar-refractivity contribution is 0.105. The molecule has 0 aliphatic carbocycles. The zero-order valence-electron chi connectivity index (χ0n) is 18.5. The molecule has 0 spiro atoms. The van der Waals surface area contributed by atoms with Crippen LogP contribution in [0.3, 0.4) is 0 Å². The van der Waals surface area contributed by atoms with Crippen LogP contribution in [0.15, 0.2) is 60.8 Å². The van der Waals surface area contributed by atoms with Crippen molar-refractivity contribution in [3.63, 3.8) is 0 Å². The van der Waals surface area contributed by atoms with Gasteiger partial charge in [-0.25, -0.2) is 14.8 Å². The van der Waals surface area contributed by atoms with Crippen molar-refractivity contribution < 1.29 is 19.1 Å². The van der Waals surface area contributed by atoms with Crippen LogP contribution in [-0.4, -0.2) is 46.9 Å². The Kier molecular flexibility index (Phi) is 8.60. The van der Waals surface area contributed by atoms with Gasteiger partial charge in [0.1, 0.15) is 12.4 Å². The summed E-state index contributed by atoms with van der Waals surface area (Å²) >= 11 is 5.67. The van der Waals surface area contributed by atoms with Gasteiger partial charge >= 0.3 is 6.09 Å². The van der Waals surface area contributed by atoms with Crippen molar-refractivity contribution in [2.45, 2.75) is 19.6 Å². The fourth-order valence-electron chi connectivity index (χ4n) is 2.95. The SMILES string of the molecule is COc1ccc(CNc2nc(CCN(C)C(=O)OCc3ccccc3)cnc2C(=O)Cl)cc1. The first kappa shape index (κ1) is 24.0. The summed E-state index contributed by atoms with van der Waals surface area (Å²) in [7, 11) is 3.26. The first-order valence-corrected chi connectivity index (χ1v) is 10.7. The molecule has 172 valence electrons. The highest BCUT2D eigenvalue weighted by Crippen LogP contribution is 2.17. The van der Waals surface area contributed by atoms with Crippen molar-refractivity contribution in [1.29, 1.82) is 0 Å². The standard InChI is InChI=1S/C24H25ClN4O4/c1-29(24(31)33-16-18-6-4-3-5-7-18)13-12-19-15-26-21(22(25)30)23(28-19)27-14-17-8-10-20(32-2)11-9-17/h3-11,15H,12-14,16H2,1-2H3,(H,27,28). The number of amides is 1. The van der Waals surface area contributed by atoms with E-state index in [-0.39, 0.29) is 18.1 Å². The highest BCUT2D eigenvalue weighted by Gasteiger charge is 2.15. The molecular formula is C24H25ClN4O4. The number of hydrogen-bond donors (Lipinski definition) is 1. The molecule has 0 aliphatic heterocycles. The quantitative estimate of drug-likeness (QED) is 0.443. The largest absolute Gasteiger partial charge is 0.497 e. The van der Waals surface area contributed by atoms with Crippen LogP contribution >= 0.6 is 11.6 Å². The third kappa shape index (κ3) is 7.18. The number of nitrogens with zero attached hydrogens (tertiary/aromatic N) is 3. The molecule has 1 amide bonds. The topological polar surface area (TPSA) is 93.7 Å². The lowest BCUT2D eigenvalue weighted by atomic mass is 10.2. The normalized spacial score (nSPS) is 10.4. The highest BCUT2D eigenvalue weighted by molar-refractivity contribution is 6.67. The minimum atomic E-state index is -0.701. The van der Waals surface area contributed by atoms with Crippen molar-refractivity contribution in [3.8, 4) is 5.75 Å². The van der Waals surface area contributed by atoms with Gasteiger partial charge in [-0.15, -0.1) is 0 Å². The van der Waals surface area contributed by atoms with E-state index < -0.39 is 11.3 Å². The Morgan fingerprint density at radius 2 is 1.79 bits per heavy atom. The number of carbonyl (C=O) groups is 2. The van der Waals surface area contributed by atoms with Gasteiger partial charge in [-0.2, -0.15) is 0 Å². The summed E-state index contributed by atoms with van der Waals surface area (Å²) in [6, 6.07) is 17.0. The minimum Gasteiger partial charge on any atom is -0.497 e. The Hall–Kier alpha value is -3.65. The van der Waals surface area contributed by atoms with Gasteiger partial charge in [0, 0.05) is 32.8 Å². The number of methoxy groups -OCH3 is 1. The zero-order chi connectivity index (χ0) is 23.6. The number of aromatic nitrogens is 2. The predicted molar refractivity (Wildman–Crippen MR) is 125 cm³/mol. The molecule has 1 heterocycles. The van der Waals surface area contributed by atoms with E-state index in [1.807, 2.05) is 54.6 Å². The molecule has 0 aliphatic rings. The monoisotopic (exact) mass is 468 g/mol. The van der Waals surface area contributed by atoms with Gasteiger partial charge < -0.3 is 19.7 Å². The smallest absolute Gasteiger partial charge is 0.409 e. The number of benzene rings is 2. The Bertz CT molecular complexity index is 1080. The number of anilines is 1. The molecule has 0 bridgehead atoms. The Morgan fingerprint density at radius 3 is 2.45 bits per heavy atom. The summed E-state index contributed by atoms with van der Waals surface area (Å²) < 4.78 is 10.5. The Balaban J connectivity index is 1.58. The molecule has 8 nitrogen and oxygen atoms in total. The maximum atomic E-state index is 12.2. The average Bonchev–Trinajstić information content (AvgIpc) is 2.85. The molecule has 3 aromatic rings.